The molecule has 11 heavy (non-hydrogen) atoms. The number of carbonyl (C=O) groups excluding carboxylic acids is 1. The molecule has 0 spiro atoms. The summed E-state index contributed by atoms with van der Waals surface area (Å²) < 4.78 is 4.73. The van der Waals surface area contributed by atoms with Crippen molar-refractivity contribution in [3.63, 3.8) is 0 Å². The predicted molar refractivity (Wildman–Crippen MR) is 45.2 cm³/mol. The van der Waals surface area contributed by atoms with Gasteiger partial charge in [0, 0.05) is 0 Å². The van der Waals surface area contributed by atoms with E-state index in [9.17, 15) is 4.79 Å². The molecule has 0 aromatic rings. The average molecular weight is 156 g/mol. The fraction of sp³-hybridized carbons (Fsp3) is 0.667. The van der Waals surface area contributed by atoms with Crippen LogP contribution in [0, 0.1) is 5.92 Å². The Hall–Kier alpha value is -0.790. The third-order valence-electron chi connectivity index (χ3n) is 1.11. The maximum Gasteiger partial charge on any atom is 0.309 e. The van der Waals surface area contributed by atoms with Crippen LogP contribution in [0.4, 0.5) is 0 Å². The number of ether oxygens (including phenoxy) is 1. The number of hydrogen-bond acceptors (Lipinski definition) is 2. The van der Waals surface area contributed by atoms with Crippen LogP contribution in [-0.4, -0.2) is 12.6 Å². The molecule has 0 aromatic heterocycles. The molecule has 0 radical (unpaired) electrons. The first-order chi connectivity index (χ1) is 5.16. The van der Waals surface area contributed by atoms with E-state index in [1.54, 1.807) is 0 Å². The summed E-state index contributed by atoms with van der Waals surface area (Å²) >= 11 is 0. The van der Waals surface area contributed by atoms with E-state index in [1.165, 1.54) is 0 Å². The van der Waals surface area contributed by atoms with Crippen LogP contribution >= 0.6 is 0 Å². The second-order valence-electron chi connectivity index (χ2n) is 2.68. The minimum Gasteiger partial charge on any atom is -0.466 e. The third kappa shape index (κ3) is 7.10. The van der Waals surface area contributed by atoms with Crippen molar-refractivity contribution in [2.45, 2.75) is 27.2 Å². The van der Waals surface area contributed by atoms with Crippen LogP contribution in [0.3, 0.4) is 0 Å². The summed E-state index contributed by atoms with van der Waals surface area (Å²) in [6.07, 6.45) is 4.24. The Labute approximate surface area is 68.2 Å². The molecule has 0 rings (SSSR count). The highest BCUT2D eigenvalue weighted by Crippen LogP contribution is 1.96. The van der Waals surface area contributed by atoms with Gasteiger partial charge in [-0.2, -0.15) is 0 Å². The van der Waals surface area contributed by atoms with E-state index >= 15 is 0 Å². The van der Waals surface area contributed by atoms with Crippen molar-refractivity contribution >= 4 is 5.97 Å². The van der Waals surface area contributed by atoms with Gasteiger partial charge in [0.1, 0.15) is 0 Å². The molecule has 2 heteroatoms. The standard InChI is InChI=1S/C9H16O2/c1-4-11-9(10)7-5-6-8(2)3/h5-6,8H,4,7H2,1-3H3/b6-5+. The minimum absolute atomic E-state index is 0.149. The molecule has 0 saturated carbocycles. The van der Waals surface area contributed by atoms with Gasteiger partial charge in [-0.3, -0.25) is 4.79 Å². The normalized spacial score (nSPS) is 10.9. The minimum atomic E-state index is -0.149. The zero-order chi connectivity index (χ0) is 8.69. The van der Waals surface area contributed by atoms with Crippen LogP contribution < -0.4 is 0 Å². The third-order valence-corrected chi connectivity index (χ3v) is 1.11. The maximum absolute atomic E-state index is 10.8. The lowest BCUT2D eigenvalue weighted by molar-refractivity contribution is -0.142. The molecule has 0 aromatic carbocycles. The van der Waals surface area contributed by atoms with Gasteiger partial charge in [-0.05, 0) is 12.8 Å². The number of carbonyl (C=O) groups is 1. The summed E-state index contributed by atoms with van der Waals surface area (Å²) in [5.41, 5.74) is 0. The van der Waals surface area contributed by atoms with Gasteiger partial charge in [0.2, 0.25) is 0 Å². The van der Waals surface area contributed by atoms with E-state index in [0.29, 0.717) is 18.9 Å². The highest BCUT2D eigenvalue weighted by atomic mass is 16.5. The van der Waals surface area contributed by atoms with Gasteiger partial charge in [-0.15, -0.1) is 0 Å². The lowest BCUT2D eigenvalue weighted by atomic mass is 10.2. The molecule has 0 aliphatic rings. The van der Waals surface area contributed by atoms with Gasteiger partial charge in [-0.1, -0.05) is 26.0 Å². The molecule has 64 valence electrons. The molecule has 0 aliphatic carbocycles. The first-order valence-electron chi connectivity index (χ1n) is 3.99. The van der Waals surface area contributed by atoms with Crippen molar-refractivity contribution in [3.05, 3.63) is 12.2 Å². The lowest BCUT2D eigenvalue weighted by Crippen LogP contribution is -2.01. The van der Waals surface area contributed by atoms with Gasteiger partial charge in [0.15, 0.2) is 0 Å². The first-order valence-corrected chi connectivity index (χ1v) is 3.99. The molecular weight excluding hydrogens is 140 g/mol. The highest BCUT2D eigenvalue weighted by Gasteiger charge is 1.95. The first kappa shape index (κ1) is 10.2. The average Bonchev–Trinajstić information content (AvgIpc) is 1.87. The van der Waals surface area contributed by atoms with Gasteiger partial charge < -0.3 is 4.74 Å². The number of allylic oxidation sites excluding steroid dienone is 1. The zero-order valence-corrected chi connectivity index (χ0v) is 7.46. The van der Waals surface area contributed by atoms with Gasteiger partial charge >= 0.3 is 5.97 Å². The van der Waals surface area contributed by atoms with Crippen LogP contribution in [0.2, 0.25) is 0 Å². The Balaban J connectivity index is 3.45. The molecule has 0 saturated heterocycles. The number of rotatable bonds is 4. The summed E-state index contributed by atoms with van der Waals surface area (Å²) in [7, 11) is 0. The van der Waals surface area contributed by atoms with Gasteiger partial charge in [0.05, 0.1) is 13.0 Å². The predicted octanol–water partition coefficient (Wildman–Crippen LogP) is 2.15. The largest absolute Gasteiger partial charge is 0.466 e. The number of esters is 1. The molecule has 0 bridgehead atoms. The van der Waals surface area contributed by atoms with E-state index in [1.807, 2.05) is 19.1 Å². The summed E-state index contributed by atoms with van der Waals surface area (Å²) in [6.45, 7) is 6.42. The molecule has 0 fully saturated rings. The van der Waals surface area contributed by atoms with E-state index in [2.05, 4.69) is 13.8 Å². The smallest absolute Gasteiger partial charge is 0.309 e. The molecule has 0 unspecified atom stereocenters. The fourth-order valence-corrected chi connectivity index (χ4v) is 0.656. The summed E-state index contributed by atoms with van der Waals surface area (Å²) in [6, 6.07) is 0. The zero-order valence-electron chi connectivity index (χ0n) is 7.46. The van der Waals surface area contributed by atoms with E-state index in [-0.39, 0.29) is 5.97 Å². The van der Waals surface area contributed by atoms with E-state index in [0.717, 1.165) is 0 Å². The second kappa shape index (κ2) is 5.96. The van der Waals surface area contributed by atoms with E-state index < -0.39 is 0 Å². The van der Waals surface area contributed by atoms with Gasteiger partial charge in [0.25, 0.3) is 0 Å². The molecule has 0 N–H and O–H groups in total. The molecule has 2 nitrogen and oxygen atoms in total. The van der Waals surface area contributed by atoms with Crippen LogP contribution in [-0.2, 0) is 9.53 Å². The molecule has 0 amide bonds. The van der Waals surface area contributed by atoms with Crippen molar-refractivity contribution in [1.82, 2.24) is 0 Å². The Morgan fingerprint density at radius 1 is 1.55 bits per heavy atom. The Bertz CT molecular complexity index is 136. The van der Waals surface area contributed by atoms with Crippen LogP contribution in [0.15, 0.2) is 12.2 Å². The van der Waals surface area contributed by atoms with E-state index in [4.69, 9.17) is 4.74 Å². The number of hydrogen-bond donors (Lipinski definition) is 0. The summed E-state index contributed by atoms with van der Waals surface area (Å²) in [5.74, 6) is 0.355. The van der Waals surface area contributed by atoms with Crippen molar-refractivity contribution in [1.29, 1.82) is 0 Å². The van der Waals surface area contributed by atoms with Crippen LogP contribution in [0.5, 0.6) is 0 Å². The van der Waals surface area contributed by atoms with Gasteiger partial charge in [-0.25, -0.2) is 0 Å². The molecular formula is C9H16O2. The van der Waals surface area contributed by atoms with Crippen LogP contribution in [0.25, 0.3) is 0 Å². The Morgan fingerprint density at radius 2 is 2.18 bits per heavy atom. The fourth-order valence-electron chi connectivity index (χ4n) is 0.656. The topological polar surface area (TPSA) is 26.3 Å². The molecule has 0 heterocycles. The SMILES string of the molecule is CCOC(=O)C/C=C/C(C)C. The Kier molecular flexibility index (Phi) is 5.53. The van der Waals surface area contributed by atoms with Crippen LogP contribution in [0.1, 0.15) is 27.2 Å². The van der Waals surface area contributed by atoms with Crippen molar-refractivity contribution in [3.8, 4) is 0 Å². The quantitative estimate of drug-likeness (QED) is 0.460. The molecule has 0 aliphatic heterocycles. The Morgan fingerprint density at radius 3 is 2.64 bits per heavy atom. The van der Waals surface area contributed by atoms with Crippen molar-refractivity contribution in [2.75, 3.05) is 6.61 Å². The second-order valence-corrected chi connectivity index (χ2v) is 2.68. The summed E-state index contributed by atoms with van der Waals surface area (Å²) in [4.78, 5) is 10.8. The molecule has 0 atom stereocenters. The summed E-state index contributed by atoms with van der Waals surface area (Å²) in [5, 5.41) is 0. The monoisotopic (exact) mass is 156 g/mol. The highest BCUT2D eigenvalue weighted by molar-refractivity contribution is 5.71. The van der Waals surface area contributed by atoms with Crippen molar-refractivity contribution in [2.24, 2.45) is 5.92 Å². The maximum atomic E-state index is 10.8. The lowest BCUT2D eigenvalue weighted by Gasteiger charge is -1.97. The van der Waals surface area contributed by atoms with Crippen molar-refractivity contribution < 1.29 is 9.53 Å².